The third-order valence-corrected chi connectivity index (χ3v) is 7.56. The van der Waals surface area contributed by atoms with Gasteiger partial charge in [-0.1, -0.05) is 38.2 Å². The number of phenols is 2. The molecule has 0 spiro atoms. The molecule has 246 valence electrons. The average Bonchev–Trinajstić information content (AvgIpc) is 2.97. The molecule has 1 aromatic rings. The van der Waals surface area contributed by atoms with E-state index in [1.54, 1.807) is 39.0 Å². The highest BCUT2D eigenvalue weighted by Gasteiger charge is 2.30. The van der Waals surface area contributed by atoms with Crippen molar-refractivity contribution in [2.45, 2.75) is 71.1 Å². The summed E-state index contributed by atoms with van der Waals surface area (Å²) in [6.45, 7) is 6.31. The molecular weight excluding hydrogens is 574 g/mol. The van der Waals surface area contributed by atoms with Gasteiger partial charge >= 0.3 is 6.09 Å². The molecule has 0 saturated carbocycles. The Balaban J connectivity index is 2.66. The summed E-state index contributed by atoms with van der Waals surface area (Å²) < 4.78 is 16.6. The van der Waals surface area contributed by atoms with Crippen LogP contribution in [0.2, 0.25) is 0 Å². The van der Waals surface area contributed by atoms with Gasteiger partial charge in [0.1, 0.15) is 17.6 Å². The number of aromatic hydroxyl groups is 2. The molecule has 13 nitrogen and oxygen atoms in total. The molecule has 2 amide bonds. The van der Waals surface area contributed by atoms with Gasteiger partial charge in [-0.3, -0.25) is 4.79 Å². The molecule has 44 heavy (non-hydrogen) atoms. The normalized spacial score (nSPS) is 29.3. The number of amides is 2. The summed E-state index contributed by atoms with van der Waals surface area (Å²) in [4.78, 5) is 24.8. The van der Waals surface area contributed by atoms with Gasteiger partial charge in [0.15, 0.2) is 6.10 Å². The van der Waals surface area contributed by atoms with E-state index in [4.69, 9.17) is 19.9 Å². The van der Waals surface area contributed by atoms with Crippen LogP contribution in [0, 0.1) is 11.8 Å². The highest BCUT2D eigenvalue weighted by atomic mass is 16.6. The van der Waals surface area contributed by atoms with Crippen LogP contribution in [0.25, 0.3) is 0 Å². The van der Waals surface area contributed by atoms with Crippen LogP contribution in [0.4, 0.5) is 16.2 Å². The zero-order chi connectivity index (χ0) is 33.1. The predicted molar refractivity (Wildman–Crippen MR) is 165 cm³/mol. The standard InChI is InChI=1S/C31H47N3O10/c1-16-10-21-26(33-14-20(36)15-35)23(37)13-22(28(21)39)34-30(40)17(2)8-7-9-24(42-5)29(44-31(32)41)19(4)12-18(3)27(38)25(11-16)43-6/h7-9,12-13,16,18,20,24-25,27,29,33,35-39H,10-11,14-15H2,1-6H3,(H2,32,41)(H,34,40)/b9-7-,17-8+,19-12+/t16?,18-,20?,24-,25-,27+,29-/m0/s1. The first kappa shape index (κ1) is 36.6. The van der Waals surface area contributed by atoms with E-state index in [9.17, 15) is 35.1 Å². The van der Waals surface area contributed by atoms with Crippen LogP contribution in [-0.4, -0.2) is 95.4 Å². The van der Waals surface area contributed by atoms with Crippen molar-refractivity contribution in [3.63, 3.8) is 0 Å². The molecule has 1 aliphatic rings. The first-order valence-electron chi connectivity index (χ1n) is 14.4. The number of benzene rings is 1. The van der Waals surface area contributed by atoms with E-state index in [0.717, 1.165) is 0 Å². The quantitative estimate of drug-likeness (QED) is 0.126. The summed E-state index contributed by atoms with van der Waals surface area (Å²) in [5.74, 6) is -1.85. The number of rotatable bonds is 7. The second-order valence-corrected chi connectivity index (χ2v) is 11.2. The molecule has 0 fully saturated rings. The zero-order valence-electron chi connectivity index (χ0n) is 26.1. The number of anilines is 2. The third kappa shape index (κ3) is 9.96. The van der Waals surface area contributed by atoms with Gasteiger partial charge in [-0.15, -0.1) is 0 Å². The number of carbonyl (C=O) groups is 2. The molecule has 1 aliphatic heterocycles. The summed E-state index contributed by atoms with van der Waals surface area (Å²) in [6, 6.07) is 1.19. The molecule has 1 heterocycles. The molecule has 2 bridgehead atoms. The second-order valence-electron chi connectivity index (χ2n) is 11.2. The van der Waals surface area contributed by atoms with Gasteiger partial charge in [0.2, 0.25) is 0 Å². The van der Waals surface area contributed by atoms with Gasteiger partial charge in [-0.25, -0.2) is 4.79 Å². The maximum Gasteiger partial charge on any atom is 0.405 e. The van der Waals surface area contributed by atoms with Gasteiger partial charge in [0, 0.05) is 43.9 Å². The maximum absolute atomic E-state index is 13.0. The van der Waals surface area contributed by atoms with Crippen LogP contribution in [0.1, 0.15) is 39.7 Å². The summed E-state index contributed by atoms with van der Waals surface area (Å²) >= 11 is 0. The van der Waals surface area contributed by atoms with E-state index < -0.39 is 55.0 Å². The number of ether oxygens (including phenoxy) is 3. The lowest BCUT2D eigenvalue weighted by Gasteiger charge is -2.29. The van der Waals surface area contributed by atoms with Crippen LogP contribution < -0.4 is 16.4 Å². The molecule has 2 unspecified atom stereocenters. The number of nitrogens with one attached hydrogen (secondary N) is 2. The number of hydrogen-bond donors (Lipinski definition) is 8. The van der Waals surface area contributed by atoms with E-state index in [2.05, 4.69) is 10.6 Å². The third-order valence-electron chi connectivity index (χ3n) is 7.56. The van der Waals surface area contributed by atoms with E-state index >= 15 is 0 Å². The molecule has 13 heteroatoms. The fourth-order valence-electron chi connectivity index (χ4n) is 5.09. The number of hydrogen-bond acceptors (Lipinski definition) is 11. The van der Waals surface area contributed by atoms with Crippen LogP contribution in [0.5, 0.6) is 11.5 Å². The number of methoxy groups -OCH3 is 2. The molecule has 7 atom stereocenters. The number of aliphatic hydroxyl groups excluding tert-OH is 3. The van der Waals surface area contributed by atoms with E-state index in [-0.39, 0.29) is 52.9 Å². The largest absolute Gasteiger partial charge is 0.506 e. The van der Waals surface area contributed by atoms with E-state index in [1.165, 1.54) is 26.4 Å². The number of primary amides is 1. The van der Waals surface area contributed by atoms with Crippen molar-refractivity contribution in [3.05, 3.63) is 47.1 Å². The van der Waals surface area contributed by atoms with Crippen LogP contribution >= 0.6 is 0 Å². The first-order chi connectivity index (χ1) is 20.7. The molecule has 1 aromatic carbocycles. The minimum atomic E-state index is -1.12. The Morgan fingerprint density at radius 1 is 1.20 bits per heavy atom. The van der Waals surface area contributed by atoms with Crippen molar-refractivity contribution in [2.75, 3.05) is 38.0 Å². The molecule has 9 N–H and O–H groups in total. The molecule has 0 saturated heterocycles. The molecule has 0 aliphatic carbocycles. The summed E-state index contributed by atoms with van der Waals surface area (Å²) in [5, 5.41) is 58.0. The second kappa shape index (κ2) is 17.0. The van der Waals surface area contributed by atoms with Crippen LogP contribution in [0.15, 0.2) is 41.5 Å². The zero-order valence-corrected chi connectivity index (χ0v) is 26.1. The van der Waals surface area contributed by atoms with Crippen molar-refractivity contribution in [1.82, 2.24) is 0 Å². The lowest BCUT2D eigenvalue weighted by Crippen LogP contribution is -2.37. The predicted octanol–water partition coefficient (Wildman–Crippen LogP) is 2.32. The Labute approximate surface area is 258 Å². The summed E-state index contributed by atoms with van der Waals surface area (Å²) in [7, 11) is 2.90. The minimum absolute atomic E-state index is 0.0425. The number of phenolic OH excluding ortho intramolecular Hbond substituents is 2. The average molecular weight is 622 g/mol. The monoisotopic (exact) mass is 621 g/mol. The Morgan fingerprint density at radius 3 is 2.48 bits per heavy atom. The Hall–Kier alpha value is -3.62. The number of allylic oxidation sites excluding steroid dienone is 2. The first-order valence-corrected chi connectivity index (χ1v) is 14.4. The molecule has 0 radical (unpaired) electrons. The van der Waals surface area contributed by atoms with Gasteiger partial charge in [-0.05, 0) is 38.2 Å². The molecule has 2 rings (SSSR count). The SMILES string of the molecule is CO[C@H]1/C=C\C=C(/C)C(=O)Nc2cc(O)c(NCC(O)CO)c(c2O)CC(C)C[C@H](OC)[C@H](O)[C@@H](C)/C=C(\C)[C@@H]1OC(N)=O. The summed E-state index contributed by atoms with van der Waals surface area (Å²) in [5.41, 5.74) is 6.52. The van der Waals surface area contributed by atoms with Gasteiger partial charge < -0.3 is 56.1 Å². The van der Waals surface area contributed by atoms with E-state index in [0.29, 0.717) is 12.0 Å². The number of carbonyl (C=O) groups excluding carboxylic acids is 2. The van der Waals surface area contributed by atoms with Crippen molar-refractivity contribution in [1.29, 1.82) is 0 Å². The van der Waals surface area contributed by atoms with Crippen molar-refractivity contribution in [2.24, 2.45) is 17.6 Å². The Morgan fingerprint density at radius 2 is 1.89 bits per heavy atom. The van der Waals surface area contributed by atoms with Crippen molar-refractivity contribution < 1.29 is 49.3 Å². The molecular formula is C31H47N3O10. The fourth-order valence-corrected chi connectivity index (χ4v) is 5.09. The van der Waals surface area contributed by atoms with Gasteiger partial charge in [0.05, 0.1) is 36.3 Å². The lowest BCUT2D eigenvalue weighted by atomic mass is 9.87. The molecule has 0 aromatic heterocycles. The highest BCUT2D eigenvalue weighted by Crippen LogP contribution is 2.42. The fraction of sp³-hybridized carbons (Fsp3) is 0.548. The van der Waals surface area contributed by atoms with Crippen LogP contribution in [-0.2, 0) is 25.4 Å². The van der Waals surface area contributed by atoms with Crippen LogP contribution in [0.3, 0.4) is 0 Å². The number of nitrogens with two attached hydrogens (primary N) is 1. The Bertz CT molecular complexity index is 1230. The number of fused-ring (bicyclic) bond motifs is 2. The Kier molecular flexibility index (Phi) is 14.1. The van der Waals surface area contributed by atoms with Gasteiger partial charge in [-0.2, -0.15) is 0 Å². The smallest absolute Gasteiger partial charge is 0.405 e. The van der Waals surface area contributed by atoms with E-state index in [1.807, 2.05) is 6.92 Å². The number of aliphatic hydroxyl groups is 3. The lowest BCUT2D eigenvalue weighted by molar-refractivity contribution is -0.112. The maximum atomic E-state index is 13.0. The van der Waals surface area contributed by atoms with Crippen molar-refractivity contribution in [3.8, 4) is 11.5 Å². The van der Waals surface area contributed by atoms with Crippen molar-refractivity contribution >= 4 is 23.4 Å². The summed E-state index contributed by atoms with van der Waals surface area (Å²) in [6.07, 6.45) is 1.40. The topological polar surface area (TPSA) is 213 Å². The highest BCUT2D eigenvalue weighted by molar-refractivity contribution is 6.04. The van der Waals surface area contributed by atoms with Gasteiger partial charge in [0.25, 0.3) is 5.91 Å². The minimum Gasteiger partial charge on any atom is -0.506 e.